The van der Waals surface area contributed by atoms with Crippen molar-refractivity contribution in [3.05, 3.63) is 18.2 Å². The van der Waals surface area contributed by atoms with Gasteiger partial charge in [-0.25, -0.2) is 9.78 Å². The fourth-order valence-electron chi connectivity index (χ4n) is 1.20. The molecular formula is C10H17N3O3. The third kappa shape index (κ3) is 3.63. The molecule has 0 spiro atoms. The van der Waals surface area contributed by atoms with Gasteiger partial charge in [0.15, 0.2) is 0 Å². The first-order valence-electron chi connectivity index (χ1n) is 5.10. The largest absolute Gasteiger partial charge is 0.480 e. The van der Waals surface area contributed by atoms with E-state index < -0.39 is 12.0 Å². The molecular weight excluding hydrogens is 210 g/mol. The van der Waals surface area contributed by atoms with Gasteiger partial charge >= 0.3 is 5.97 Å². The summed E-state index contributed by atoms with van der Waals surface area (Å²) < 4.78 is 6.47. The number of methoxy groups -OCH3 is 1. The Labute approximate surface area is 94.2 Å². The Balaban J connectivity index is 2.42. The van der Waals surface area contributed by atoms with Gasteiger partial charge in [-0.15, -0.1) is 0 Å². The van der Waals surface area contributed by atoms with Crippen molar-refractivity contribution in [1.82, 2.24) is 14.9 Å². The van der Waals surface area contributed by atoms with Crippen LogP contribution in [0.5, 0.6) is 0 Å². The summed E-state index contributed by atoms with van der Waals surface area (Å²) in [7, 11) is 1.64. The molecule has 0 aromatic carbocycles. The molecule has 1 rings (SSSR count). The summed E-state index contributed by atoms with van der Waals surface area (Å²) >= 11 is 0. The quantitative estimate of drug-likeness (QED) is 0.654. The predicted molar refractivity (Wildman–Crippen MR) is 58.2 cm³/mol. The van der Waals surface area contributed by atoms with Crippen molar-refractivity contribution < 1.29 is 14.6 Å². The van der Waals surface area contributed by atoms with Crippen LogP contribution in [0.3, 0.4) is 0 Å². The first kappa shape index (κ1) is 12.7. The lowest BCUT2D eigenvalue weighted by Gasteiger charge is -2.06. The number of ether oxygens (including phenoxy) is 1. The second-order valence-corrected chi connectivity index (χ2v) is 3.50. The zero-order chi connectivity index (χ0) is 12.0. The monoisotopic (exact) mass is 227 g/mol. The molecule has 0 aliphatic carbocycles. The molecule has 1 heterocycles. The summed E-state index contributed by atoms with van der Waals surface area (Å²) in [6, 6.07) is -0.583. The van der Waals surface area contributed by atoms with Crippen LogP contribution >= 0.6 is 0 Å². The van der Waals surface area contributed by atoms with Crippen molar-refractivity contribution in [2.24, 2.45) is 0 Å². The Morgan fingerprint density at radius 3 is 3.12 bits per heavy atom. The molecule has 6 nitrogen and oxygen atoms in total. The van der Waals surface area contributed by atoms with Crippen molar-refractivity contribution in [1.29, 1.82) is 0 Å². The first-order valence-corrected chi connectivity index (χ1v) is 5.10. The average molecular weight is 227 g/mol. The highest BCUT2D eigenvalue weighted by Gasteiger charge is 2.12. The van der Waals surface area contributed by atoms with Gasteiger partial charge in [0, 0.05) is 26.4 Å². The van der Waals surface area contributed by atoms with Gasteiger partial charge in [-0.2, -0.15) is 0 Å². The Kier molecular flexibility index (Phi) is 4.94. The maximum atomic E-state index is 10.7. The molecule has 90 valence electrons. The number of carboxylic acid groups (broad SMARTS) is 1. The highest BCUT2D eigenvalue weighted by Crippen LogP contribution is 2.06. The highest BCUT2D eigenvalue weighted by molar-refractivity contribution is 5.71. The summed E-state index contributed by atoms with van der Waals surface area (Å²) in [6.07, 6.45) is 3.27. The smallest absolute Gasteiger partial charge is 0.326 e. The Morgan fingerprint density at radius 2 is 2.50 bits per heavy atom. The number of nitrogens with zero attached hydrogens (tertiary/aromatic N) is 2. The lowest BCUT2D eigenvalue weighted by atomic mass is 10.3. The van der Waals surface area contributed by atoms with Crippen LogP contribution in [-0.4, -0.2) is 40.9 Å². The number of hydrogen-bond donors (Lipinski definition) is 2. The SMILES string of the molecule is COCCNCc1cn(C(C)C(=O)O)cn1. The van der Waals surface area contributed by atoms with Gasteiger partial charge in [-0.3, -0.25) is 0 Å². The number of carbonyl (C=O) groups is 1. The van der Waals surface area contributed by atoms with Crippen LogP contribution in [0, 0.1) is 0 Å². The molecule has 1 atom stereocenters. The van der Waals surface area contributed by atoms with E-state index in [1.54, 1.807) is 24.8 Å². The van der Waals surface area contributed by atoms with E-state index >= 15 is 0 Å². The highest BCUT2D eigenvalue weighted by atomic mass is 16.5. The molecule has 0 aliphatic heterocycles. The van der Waals surface area contributed by atoms with E-state index in [9.17, 15) is 4.79 Å². The van der Waals surface area contributed by atoms with Gasteiger partial charge in [0.1, 0.15) is 6.04 Å². The maximum absolute atomic E-state index is 10.7. The molecule has 1 aromatic rings. The topological polar surface area (TPSA) is 76.4 Å². The molecule has 0 saturated carbocycles. The minimum absolute atomic E-state index is 0.583. The fraction of sp³-hybridized carbons (Fsp3) is 0.600. The lowest BCUT2D eigenvalue weighted by Crippen LogP contribution is -2.18. The third-order valence-corrected chi connectivity index (χ3v) is 2.25. The van der Waals surface area contributed by atoms with E-state index in [0.717, 1.165) is 12.2 Å². The van der Waals surface area contributed by atoms with Crippen molar-refractivity contribution in [2.75, 3.05) is 20.3 Å². The van der Waals surface area contributed by atoms with E-state index in [1.807, 2.05) is 0 Å². The number of imidazole rings is 1. The summed E-state index contributed by atoms with van der Waals surface area (Å²) in [4.78, 5) is 14.8. The Bertz CT molecular complexity index is 338. The lowest BCUT2D eigenvalue weighted by molar-refractivity contribution is -0.140. The number of hydrogen-bond acceptors (Lipinski definition) is 4. The molecule has 0 aliphatic rings. The molecule has 16 heavy (non-hydrogen) atoms. The summed E-state index contributed by atoms with van der Waals surface area (Å²) in [5.74, 6) is -0.865. The second-order valence-electron chi connectivity index (χ2n) is 3.50. The Hall–Kier alpha value is -1.40. The van der Waals surface area contributed by atoms with E-state index in [0.29, 0.717) is 13.2 Å². The maximum Gasteiger partial charge on any atom is 0.326 e. The summed E-state index contributed by atoms with van der Waals surface area (Å²) in [5.41, 5.74) is 0.823. The molecule has 0 bridgehead atoms. The molecule has 0 fully saturated rings. The van der Waals surface area contributed by atoms with Crippen LogP contribution in [0.2, 0.25) is 0 Å². The molecule has 0 radical (unpaired) electrons. The van der Waals surface area contributed by atoms with Crippen LogP contribution in [0.15, 0.2) is 12.5 Å². The van der Waals surface area contributed by atoms with Crippen LogP contribution in [0.25, 0.3) is 0 Å². The molecule has 2 N–H and O–H groups in total. The van der Waals surface area contributed by atoms with Crippen molar-refractivity contribution in [3.8, 4) is 0 Å². The Morgan fingerprint density at radius 1 is 1.75 bits per heavy atom. The average Bonchev–Trinajstić information content (AvgIpc) is 2.72. The molecule has 6 heteroatoms. The molecule has 0 saturated heterocycles. The van der Waals surface area contributed by atoms with Gasteiger partial charge in [0.05, 0.1) is 18.6 Å². The summed E-state index contributed by atoms with van der Waals surface area (Å²) in [6.45, 7) is 3.62. The number of aliphatic carboxylic acids is 1. The van der Waals surface area contributed by atoms with Gasteiger partial charge in [-0.1, -0.05) is 0 Å². The summed E-state index contributed by atoms with van der Waals surface area (Å²) in [5, 5.41) is 11.9. The number of rotatable bonds is 7. The standard InChI is InChI=1S/C10H17N3O3/c1-8(10(14)15)13-6-9(12-7-13)5-11-3-4-16-2/h6-8,11H,3-5H2,1-2H3,(H,14,15). The number of nitrogens with one attached hydrogen (secondary N) is 1. The third-order valence-electron chi connectivity index (χ3n) is 2.25. The van der Waals surface area contributed by atoms with Crippen molar-refractivity contribution in [3.63, 3.8) is 0 Å². The van der Waals surface area contributed by atoms with E-state index in [2.05, 4.69) is 10.3 Å². The van der Waals surface area contributed by atoms with Crippen LogP contribution < -0.4 is 5.32 Å². The van der Waals surface area contributed by atoms with Gasteiger partial charge < -0.3 is 19.7 Å². The van der Waals surface area contributed by atoms with E-state index in [4.69, 9.17) is 9.84 Å². The first-order chi connectivity index (χ1) is 7.65. The zero-order valence-electron chi connectivity index (χ0n) is 9.51. The van der Waals surface area contributed by atoms with Crippen molar-refractivity contribution >= 4 is 5.97 Å². The van der Waals surface area contributed by atoms with Gasteiger partial charge in [-0.05, 0) is 6.92 Å². The van der Waals surface area contributed by atoms with Crippen LogP contribution in [-0.2, 0) is 16.1 Å². The zero-order valence-corrected chi connectivity index (χ0v) is 9.51. The number of aromatic nitrogens is 2. The molecule has 1 unspecified atom stereocenters. The van der Waals surface area contributed by atoms with Crippen LogP contribution in [0.4, 0.5) is 0 Å². The molecule has 1 aromatic heterocycles. The van der Waals surface area contributed by atoms with Gasteiger partial charge in [0.25, 0.3) is 0 Å². The van der Waals surface area contributed by atoms with Crippen molar-refractivity contribution in [2.45, 2.75) is 19.5 Å². The number of carboxylic acids is 1. The van der Waals surface area contributed by atoms with Gasteiger partial charge in [0.2, 0.25) is 0 Å². The minimum atomic E-state index is -0.865. The second kappa shape index (κ2) is 6.24. The van der Waals surface area contributed by atoms with Crippen LogP contribution in [0.1, 0.15) is 18.7 Å². The predicted octanol–water partition coefficient (Wildman–Crippen LogP) is 0.265. The minimum Gasteiger partial charge on any atom is -0.480 e. The normalized spacial score (nSPS) is 12.6. The fourth-order valence-corrected chi connectivity index (χ4v) is 1.20. The van der Waals surface area contributed by atoms with E-state index in [1.165, 1.54) is 6.33 Å². The molecule has 0 amide bonds. The van der Waals surface area contributed by atoms with E-state index in [-0.39, 0.29) is 0 Å².